The van der Waals surface area contributed by atoms with Crippen LogP contribution in [0.15, 0.2) is 24.3 Å². The van der Waals surface area contributed by atoms with Gasteiger partial charge in [-0.3, -0.25) is 0 Å². The molecular formula is C9H8BrF. The van der Waals surface area contributed by atoms with E-state index in [0.717, 1.165) is 12.0 Å². The summed E-state index contributed by atoms with van der Waals surface area (Å²) in [5.74, 6) is 0.416. The Hall–Kier alpha value is -0.370. The third kappa shape index (κ3) is 1.45. The average molecular weight is 215 g/mol. The predicted octanol–water partition coefficient (Wildman–Crippen LogP) is 3.08. The lowest BCUT2D eigenvalue weighted by Gasteiger charge is -1.96. The van der Waals surface area contributed by atoms with Crippen LogP contribution in [0.2, 0.25) is 0 Å². The Morgan fingerprint density at radius 1 is 1.45 bits per heavy atom. The van der Waals surface area contributed by atoms with Crippen LogP contribution in [0.5, 0.6) is 0 Å². The maximum absolute atomic E-state index is 12.7. The first-order valence-corrected chi connectivity index (χ1v) is 4.58. The molecule has 0 saturated heterocycles. The van der Waals surface area contributed by atoms with E-state index in [4.69, 9.17) is 0 Å². The van der Waals surface area contributed by atoms with Crippen LogP contribution < -0.4 is 0 Å². The minimum Gasteiger partial charge on any atom is -0.207 e. The van der Waals surface area contributed by atoms with E-state index in [1.54, 1.807) is 12.1 Å². The lowest BCUT2D eigenvalue weighted by molar-refractivity contribution is 0.625. The molecular weight excluding hydrogens is 207 g/mol. The SMILES string of the molecule is Fc1cccc([C@@H]2C[C@@H]2Br)c1. The molecule has 0 radical (unpaired) electrons. The first-order valence-electron chi connectivity index (χ1n) is 3.67. The van der Waals surface area contributed by atoms with Crippen LogP contribution in [0.4, 0.5) is 4.39 Å². The van der Waals surface area contributed by atoms with Gasteiger partial charge in [-0.1, -0.05) is 28.1 Å². The van der Waals surface area contributed by atoms with Crippen molar-refractivity contribution in [3.8, 4) is 0 Å². The molecule has 1 fully saturated rings. The summed E-state index contributed by atoms with van der Waals surface area (Å²) in [4.78, 5) is 0.573. The molecule has 1 aromatic rings. The molecule has 0 unspecified atom stereocenters. The van der Waals surface area contributed by atoms with Gasteiger partial charge in [0.2, 0.25) is 0 Å². The highest BCUT2D eigenvalue weighted by Crippen LogP contribution is 2.46. The summed E-state index contributed by atoms with van der Waals surface area (Å²) in [6.45, 7) is 0. The molecule has 1 aromatic carbocycles. The first kappa shape index (κ1) is 7.29. The molecule has 2 rings (SSSR count). The number of benzene rings is 1. The molecule has 0 nitrogen and oxygen atoms in total. The Morgan fingerprint density at radius 2 is 2.18 bits per heavy atom. The Bertz CT molecular complexity index is 272. The lowest BCUT2D eigenvalue weighted by Crippen LogP contribution is -1.82. The van der Waals surface area contributed by atoms with Gasteiger partial charge in [-0.05, 0) is 30.0 Å². The summed E-state index contributed by atoms with van der Waals surface area (Å²) in [5.41, 5.74) is 1.12. The van der Waals surface area contributed by atoms with Crippen LogP contribution in [0.3, 0.4) is 0 Å². The van der Waals surface area contributed by atoms with E-state index < -0.39 is 0 Å². The molecule has 1 aliphatic rings. The highest BCUT2D eigenvalue weighted by molar-refractivity contribution is 9.09. The molecule has 0 N–H and O–H groups in total. The van der Waals surface area contributed by atoms with Crippen molar-refractivity contribution >= 4 is 15.9 Å². The summed E-state index contributed by atoms with van der Waals surface area (Å²) in [5, 5.41) is 0. The lowest BCUT2D eigenvalue weighted by atomic mass is 10.1. The first-order chi connectivity index (χ1) is 5.27. The van der Waals surface area contributed by atoms with Gasteiger partial charge in [0.05, 0.1) is 0 Å². The summed E-state index contributed by atoms with van der Waals surface area (Å²) in [6, 6.07) is 6.85. The summed E-state index contributed by atoms with van der Waals surface area (Å²) < 4.78 is 12.7. The second kappa shape index (κ2) is 2.59. The Kier molecular flexibility index (Phi) is 1.72. The van der Waals surface area contributed by atoms with Gasteiger partial charge in [0, 0.05) is 4.83 Å². The molecule has 1 aliphatic carbocycles. The summed E-state index contributed by atoms with van der Waals surface area (Å²) >= 11 is 3.49. The van der Waals surface area contributed by atoms with Crippen molar-refractivity contribution in [1.29, 1.82) is 0 Å². The maximum atomic E-state index is 12.7. The molecule has 0 bridgehead atoms. The normalized spacial score (nSPS) is 28.5. The van der Waals surface area contributed by atoms with Gasteiger partial charge in [-0.15, -0.1) is 0 Å². The minimum absolute atomic E-state index is 0.130. The molecule has 11 heavy (non-hydrogen) atoms. The number of rotatable bonds is 1. The van der Waals surface area contributed by atoms with Crippen molar-refractivity contribution in [2.45, 2.75) is 17.2 Å². The number of hydrogen-bond acceptors (Lipinski definition) is 0. The van der Waals surface area contributed by atoms with Gasteiger partial charge in [0.15, 0.2) is 0 Å². The maximum Gasteiger partial charge on any atom is 0.123 e. The van der Waals surface area contributed by atoms with Crippen molar-refractivity contribution in [3.63, 3.8) is 0 Å². The highest BCUT2D eigenvalue weighted by atomic mass is 79.9. The molecule has 1 saturated carbocycles. The number of halogens is 2. The minimum atomic E-state index is -0.130. The average Bonchev–Trinajstić information content (AvgIpc) is 2.67. The largest absolute Gasteiger partial charge is 0.207 e. The van der Waals surface area contributed by atoms with Gasteiger partial charge in [0.25, 0.3) is 0 Å². The Labute approximate surface area is 73.6 Å². The van der Waals surface area contributed by atoms with Crippen LogP contribution in [0, 0.1) is 5.82 Å². The fraction of sp³-hybridized carbons (Fsp3) is 0.333. The van der Waals surface area contributed by atoms with Gasteiger partial charge in [0.1, 0.15) is 5.82 Å². The zero-order chi connectivity index (χ0) is 7.84. The molecule has 0 amide bonds. The second-order valence-corrected chi connectivity index (χ2v) is 4.09. The smallest absolute Gasteiger partial charge is 0.123 e. The summed E-state index contributed by atoms with van der Waals surface area (Å²) in [6.07, 6.45) is 1.14. The standard InChI is InChI=1S/C9H8BrF/c10-9-5-8(9)6-2-1-3-7(11)4-6/h1-4,8-9H,5H2/t8-,9-/m0/s1. The van der Waals surface area contributed by atoms with E-state index in [-0.39, 0.29) is 5.82 Å². The van der Waals surface area contributed by atoms with Crippen molar-refractivity contribution in [3.05, 3.63) is 35.6 Å². The number of hydrogen-bond donors (Lipinski definition) is 0. The van der Waals surface area contributed by atoms with Crippen LogP contribution in [-0.4, -0.2) is 4.83 Å². The third-order valence-corrected chi connectivity index (χ3v) is 3.00. The molecule has 2 heteroatoms. The zero-order valence-corrected chi connectivity index (χ0v) is 7.51. The van der Waals surface area contributed by atoms with Crippen molar-refractivity contribution in [2.24, 2.45) is 0 Å². The van der Waals surface area contributed by atoms with E-state index in [0.29, 0.717) is 10.7 Å². The Balaban J connectivity index is 2.25. The van der Waals surface area contributed by atoms with E-state index in [1.165, 1.54) is 6.07 Å². The van der Waals surface area contributed by atoms with E-state index in [1.807, 2.05) is 6.07 Å². The fourth-order valence-corrected chi connectivity index (χ4v) is 1.95. The topological polar surface area (TPSA) is 0 Å². The van der Waals surface area contributed by atoms with Gasteiger partial charge in [-0.2, -0.15) is 0 Å². The van der Waals surface area contributed by atoms with E-state index >= 15 is 0 Å². The quantitative estimate of drug-likeness (QED) is 0.631. The fourth-order valence-electron chi connectivity index (χ4n) is 1.25. The van der Waals surface area contributed by atoms with Crippen molar-refractivity contribution in [2.75, 3.05) is 0 Å². The van der Waals surface area contributed by atoms with Gasteiger partial charge >= 0.3 is 0 Å². The third-order valence-electron chi connectivity index (χ3n) is 1.99. The van der Waals surface area contributed by atoms with Crippen molar-refractivity contribution < 1.29 is 4.39 Å². The van der Waals surface area contributed by atoms with Crippen LogP contribution >= 0.6 is 15.9 Å². The summed E-state index contributed by atoms with van der Waals surface area (Å²) in [7, 11) is 0. The molecule has 2 atom stereocenters. The van der Waals surface area contributed by atoms with Crippen molar-refractivity contribution in [1.82, 2.24) is 0 Å². The number of alkyl halides is 1. The highest BCUT2D eigenvalue weighted by Gasteiger charge is 2.35. The molecule has 0 aliphatic heterocycles. The zero-order valence-electron chi connectivity index (χ0n) is 5.93. The predicted molar refractivity (Wildman–Crippen MR) is 46.5 cm³/mol. The second-order valence-electron chi connectivity index (χ2n) is 2.91. The monoisotopic (exact) mass is 214 g/mol. The van der Waals surface area contributed by atoms with Crippen LogP contribution in [0.1, 0.15) is 17.9 Å². The van der Waals surface area contributed by atoms with E-state index in [9.17, 15) is 4.39 Å². The Morgan fingerprint density at radius 3 is 2.73 bits per heavy atom. The van der Waals surface area contributed by atoms with Crippen LogP contribution in [-0.2, 0) is 0 Å². The van der Waals surface area contributed by atoms with Crippen LogP contribution in [0.25, 0.3) is 0 Å². The van der Waals surface area contributed by atoms with E-state index in [2.05, 4.69) is 15.9 Å². The molecule has 58 valence electrons. The van der Waals surface area contributed by atoms with Gasteiger partial charge < -0.3 is 0 Å². The molecule has 0 heterocycles. The molecule has 0 aromatic heterocycles. The molecule has 0 spiro atoms. The van der Waals surface area contributed by atoms with Gasteiger partial charge in [-0.25, -0.2) is 4.39 Å².